The summed E-state index contributed by atoms with van der Waals surface area (Å²) in [5.74, 6) is 0.240. The Labute approximate surface area is 103 Å². The molecule has 0 aliphatic carbocycles. The number of ketones is 1. The monoisotopic (exact) mass is 256 g/mol. The van der Waals surface area contributed by atoms with Crippen LogP contribution in [0.5, 0.6) is 0 Å². The number of allylic oxidation sites excluding steroid dienone is 1. The Morgan fingerprint density at radius 3 is 1.56 bits per heavy atom. The molecule has 0 spiro atoms. The lowest BCUT2D eigenvalue weighted by Crippen LogP contribution is -2.46. The molecule has 0 radical (unpaired) electrons. The van der Waals surface area contributed by atoms with E-state index in [1.807, 2.05) is 6.08 Å². The first-order chi connectivity index (χ1) is 7.23. The molecular weight excluding hydrogens is 228 g/mol. The highest BCUT2D eigenvalue weighted by Gasteiger charge is 2.38. The van der Waals surface area contributed by atoms with Crippen LogP contribution in [0.4, 0.5) is 0 Å². The number of carbonyl (C=O) groups is 1. The molecule has 0 aromatic rings. The van der Waals surface area contributed by atoms with Gasteiger partial charge in [-0.2, -0.15) is 0 Å². The summed E-state index contributed by atoms with van der Waals surface area (Å²) in [5.41, 5.74) is 0. The Hall–Kier alpha value is -0.156. The largest absolute Gasteiger partial charge is 0.295 e. The fourth-order valence-electron chi connectivity index (χ4n) is 2.69. The minimum absolute atomic E-state index is 0.240. The summed E-state index contributed by atoms with van der Waals surface area (Å²) in [6.07, 6.45) is 1.99. The fourth-order valence-corrected chi connectivity index (χ4v) is 14.4. The minimum Gasteiger partial charge on any atom is -0.295 e. The van der Waals surface area contributed by atoms with Gasteiger partial charge in [0.1, 0.15) is 0 Å². The molecule has 0 rings (SSSR count). The molecular formula is C13H28OSi2. The lowest BCUT2D eigenvalue weighted by atomic mass is 10.5. The van der Waals surface area contributed by atoms with Gasteiger partial charge in [0.25, 0.3) is 0 Å². The second kappa shape index (κ2) is 5.96. The number of hydrogen-bond donors (Lipinski definition) is 0. The first-order valence-electron chi connectivity index (χ1n) is 6.46. The zero-order chi connectivity index (χ0) is 13.0. The SMILES string of the molecule is CC[Si](CC)(CC)C(=CC(C)=O)[Si](C)(C)C. The number of hydrogen-bond acceptors (Lipinski definition) is 1. The van der Waals surface area contributed by atoms with Crippen LogP contribution < -0.4 is 0 Å². The lowest BCUT2D eigenvalue weighted by molar-refractivity contribution is -0.112. The van der Waals surface area contributed by atoms with Gasteiger partial charge in [0.05, 0.1) is 16.1 Å². The van der Waals surface area contributed by atoms with Crippen LogP contribution in [0, 0.1) is 0 Å². The summed E-state index contributed by atoms with van der Waals surface area (Å²) in [4.78, 5) is 13.1. The van der Waals surface area contributed by atoms with E-state index >= 15 is 0 Å². The van der Waals surface area contributed by atoms with Gasteiger partial charge in [-0.3, -0.25) is 4.79 Å². The molecule has 16 heavy (non-hydrogen) atoms. The molecule has 0 aromatic heterocycles. The standard InChI is InChI=1S/C13H28OSi2/c1-8-16(9-2,10-3)13(11-12(4)14)15(5,6)7/h11H,8-10H2,1-7H3. The van der Waals surface area contributed by atoms with Crippen molar-refractivity contribution in [3.63, 3.8) is 0 Å². The Kier molecular flexibility index (Phi) is 5.90. The second-order valence-corrected chi connectivity index (χ2v) is 16.5. The van der Waals surface area contributed by atoms with Crippen LogP contribution in [0.25, 0.3) is 0 Å². The van der Waals surface area contributed by atoms with E-state index in [1.165, 1.54) is 18.1 Å². The van der Waals surface area contributed by atoms with E-state index in [2.05, 4.69) is 40.4 Å². The molecule has 3 heteroatoms. The highest BCUT2D eigenvalue weighted by Crippen LogP contribution is 2.34. The number of carbonyl (C=O) groups excluding carboxylic acids is 1. The first-order valence-corrected chi connectivity index (χ1v) is 12.6. The van der Waals surface area contributed by atoms with E-state index < -0.39 is 16.1 Å². The van der Waals surface area contributed by atoms with Crippen LogP contribution in [0.1, 0.15) is 27.7 Å². The van der Waals surface area contributed by atoms with Gasteiger partial charge in [-0.15, -0.1) is 0 Å². The molecule has 0 bridgehead atoms. The van der Waals surface area contributed by atoms with Crippen LogP contribution in [0.2, 0.25) is 37.8 Å². The van der Waals surface area contributed by atoms with Crippen molar-refractivity contribution >= 4 is 21.9 Å². The van der Waals surface area contributed by atoms with E-state index in [0.29, 0.717) is 0 Å². The zero-order valence-corrected chi connectivity index (χ0v) is 14.1. The Morgan fingerprint density at radius 1 is 1.00 bits per heavy atom. The summed E-state index contributed by atoms with van der Waals surface area (Å²) in [6, 6.07) is 3.84. The van der Waals surface area contributed by atoms with Gasteiger partial charge >= 0.3 is 0 Å². The van der Waals surface area contributed by atoms with Crippen molar-refractivity contribution in [3.05, 3.63) is 10.9 Å². The average molecular weight is 257 g/mol. The molecule has 1 nitrogen and oxygen atoms in total. The van der Waals surface area contributed by atoms with E-state index in [1.54, 1.807) is 11.7 Å². The topological polar surface area (TPSA) is 17.1 Å². The van der Waals surface area contributed by atoms with Crippen molar-refractivity contribution in [2.45, 2.75) is 65.5 Å². The van der Waals surface area contributed by atoms with Crippen molar-refractivity contribution < 1.29 is 4.79 Å². The van der Waals surface area contributed by atoms with Gasteiger partial charge in [-0.05, 0) is 13.0 Å². The van der Waals surface area contributed by atoms with Crippen LogP contribution in [-0.2, 0) is 4.79 Å². The molecule has 0 atom stereocenters. The first kappa shape index (κ1) is 15.8. The third kappa shape index (κ3) is 3.70. The predicted molar refractivity (Wildman–Crippen MR) is 79.3 cm³/mol. The van der Waals surface area contributed by atoms with Crippen LogP contribution in [0.3, 0.4) is 0 Å². The smallest absolute Gasteiger partial charge is 0.151 e. The maximum atomic E-state index is 11.5. The quantitative estimate of drug-likeness (QED) is 0.508. The van der Waals surface area contributed by atoms with Crippen LogP contribution >= 0.6 is 0 Å². The normalized spacial score (nSPS) is 14.1. The summed E-state index contributed by atoms with van der Waals surface area (Å²) in [6.45, 7) is 15.8. The maximum absolute atomic E-state index is 11.5. The highest BCUT2D eigenvalue weighted by atomic mass is 28.4. The van der Waals surface area contributed by atoms with Crippen molar-refractivity contribution in [1.29, 1.82) is 0 Å². The average Bonchev–Trinajstić information content (AvgIpc) is 2.17. The van der Waals surface area contributed by atoms with E-state index in [9.17, 15) is 4.79 Å². The van der Waals surface area contributed by atoms with Gasteiger partial charge in [0, 0.05) is 0 Å². The van der Waals surface area contributed by atoms with Gasteiger partial charge < -0.3 is 0 Å². The molecule has 0 aromatic carbocycles. The highest BCUT2D eigenvalue weighted by molar-refractivity contribution is 7.06. The predicted octanol–water partition coefficient (Wildman–Crippen LogP) is 4.43. The van der Waals surface area contributed by atoms with Crippen molar-refractivity contribution in [1.82, 2.24) is 0 Å². The molecule has 94 valence electrons. The molecule has 0 unspecified atom stereocenters. The van der Waals surface area contributed by atoms with Crippen molar-refractivity contribution in [2.75, 3.05) is 0 Å². The van der Waals surface area contributed by atoms with Crippen LogP contribution in [0.15, 0.2) is 10.9 Å². The lowest BCUT2D eigenvalue weighted by Gasteiger charge is -2.38. The molecule has 0 N–H and O–H groups in total. The summed E-state index contributed by atoms with van der Waals surface area (Å²) in [5, 5.41) is 0. The van der Waals surface area contributed by atoms with Gasteiger partial charge in [0.2, 0.25) is 0 Å². The van der Waals surface area contributed by atoms with Gasteiger partial charge in [0.15, 0.2) is 5.78 Å². The minimum atomic E-state index is -1.35. The maximum Gasteiger partial charge on any atom is 0.151 e. The summed E-state index contributed by atoms with van der Waals surface area (Å²) < 4.78 is 0. The molecule has 0 aliphatic heterocycles. The van der Waals surface area contributed by atoms with E-state index in [-0.39, 0.29) is 5.78 Å². The Balaban J connectivity index is 5.57. The van der Waals surface area contributed by atoms with Crippen LogP contribution in [-0.4, -0.2) is 21.9 Å². The molecule has 0 fully saturated rings. The molecule has 0 heterocycles. The fraction of sp³-hybridized carbons (Fsp3) is 0.769. The van der Waals surface area contributed by atoms with Crippen molar-refractivity contribution in [3.8, 4) is 0 Å². The van der Waals surface area contributed by atoms with E-state index in [4.69, 9.17) is 0 Å². The summed E-state index contributed by atoms with van der Waals surface area (Å²) in [7, 11) is -2.69. The van der Waals surface area contributed by atoms with Gasteiger partial charge in [-0.25, -0.2) is 0 Å². The molecule has 0 saturated carbocycles. The summed E-state index contributed by atoms with van der Waals surface area (Å²) >= 11 is 0. The van der Waals surface area contributed by atoms with E-state index in [0.717, 1.165) is 0 Å². The number of rotatable bonds is 6. The molecule has 0 saturated heterocycles. The molecule has 0 amide bonds. The Morgan fingerprint density at radius 2 is 1.38 bits per heavy atom. The molecule has 0 aliphatic rings. The second-order valence-electron chi connectivity index (χ2n) is 5.76. The third-order valence-electron chi connectivity index (χ3n) is 3.76. The zero-order valence-electron chi connectivity index (χ0n) is 12.1. The third-order valence-corrected chi connectivity index (χ3v) is 14.7. The Bertz CT molecular complexity index is 262. The van der Waals surface area contributed by atoms with Crippen molar-refractivity contribution in [2.24, 2.45) is 0 Å². The van der Waals surface area contributed by atoms with Gasteiger partial charge in [-0.1, -0.05) is 63.4 Å².